The van der Waals surface area contributed by atoms with Gasteiger partial charge in [0.1, 0.15) is 17.6 Å². The molecule has 0 unspecified atom stereocenters. The molecule has 6 nitrogen and oxygen atoms in total. The van der Waals surface area contributed by atoms with Crippen LogP contribution in [0, 0.1) is 5.82 Å². The molecule has 98 valence electrons. The second-order valence-corrected chi connectivity index (χ2v) is 3.50. The predicted molar refractivity (Wildman–Crippen MR) is 62.2 cm³/mol. The highest BCUT2D eigenvalue weighted by Crippen LogP contribution is 2.24. The summed E-state index contributed by atoms with van der Waals surface area (Å²) in [6.45, 7) is 1.32. The molecular weight excluding hydrogens is 243 g/mol. The van der Waals surface area contributed by atoms with E-state index in [-0.39, 0.29) is 11.4 Å². The van der Waals surface area contributed by atoms with Gasteiger partial charge in [-0.25, -0.2) is 9.18 Å². The van der Waals surface area contributed by atoms with Gasteiger partial charge in [-0.2, -0.15) is 0 Å². The van der Waals surface area contributed by atoms with Crippen LogP contribution in [0.5, 0.6) is 5.75 Å². The number of carbonyl (C=O) groups is 2. The number of halogens is 1. The number of urea groups is 1. The number of benzene rings is 1. The van der Waals surface area contributed by atoms with E-state index in [0.29, 0.717) is 0 Å². The van der Waals surface area contributed by atoms with E-state index in [1.54, 1.807) is 0 Å². The number of anilines is 1. The van der Waals surface area contributed by atoms with Crippen LogP contribution >= 0.6 is 0 Å². The Balaban J connectivity index is 2.73. The van der Waals surface area contributed by atoms with Gasteiger partial charge in [0, 0.05) is 6.07 Å². The van der Waals surface area contributed by atoms with Gasteiger partial charge in [-0.15, -0.1) is 0 Å². The lowest BCUT2D eigenvalue weighted by Crippen LogP contribution is -2.40. The number of ether oxygens (including phenoxy) is 1. The zero-order valence-electron chi connectivity index (χ0n) is 9.86. The monoisotopic (exact) mass is 256 g/mol. The number of amides is 2. The Kier molecular flexibility index (Phi) is 4.47. The van der Waals surface area contributed by atoms with Crippen molar-refractivity contribution in [3.05, 3.63) is 24.0 Å². The maximum absolute atomic E-state index is 12.9. The number of hydrogen-bond donors (Lipinski definition) is 3. The number of carboxylic acids is 1. The van der Waals surface area contributed by atoms with Crippen molar-refractivity contribution in [1.29, 1.82) is 0 Å². The van der Waals surface area contributed by atoms with E-state index in [4.69, 9.17) is 9.84 Å². The molecule has 1 aromatic rings. The Bertz CT molecular complexity index is 464. The largest absolute Gasteiger partial charge is 0.494 e. The minimum atomic E-state index is -1.16. The Hall–Kier alpha value is -2.31. The molecule has 3 N–H and O–H groups in total. The molecule has 0 saturated carbocycles. The van der Waals surface area contributed by atoms with Crippen molar-refractivity contribution in [2.24, 2.45) is 0 Å². The Morgan fingerprint density at radius 2 is 2.11 bits per heavy atom. The van der Waals surface area contributed by atoms with Gasteiger partial charge in [-0.3, -0.25) is 4.79 Å². The highest BCUT2D eigenvalue weighted by molar-refractivity contribution is 5.93. The number of methoxy groups -OCH3 is 1. The Labute approximate surface area is 103 Å². The molecule has 0 radical (unpaired) electrons. The average molecular weight is 256 g/mol. The van der Waals surface area contributed by atoms with Crippen LogP contribution < -0.4 is 15.4 Å². The van der Waals surface area contributed by atoms with E-state index in [1.807, 2.05) is 0 Å². The van der Waals surface area contributed by atoms with Crippen molar-refractivity contribution >= 4 is 17.7 Å². The molecule has 7 heteroatoms. The number of hydrogen-bond acceptors (Lipinski definition) is 3. The van der Waals surface area contributed by atoms with Gasteiger partial charge in [-0.1, -0.05) is 0 Å². The van der Waals surface area contributed by atoms with Crippen molar-refractivity contribution < 1.29 is 23.8 Å². The van der Waals surface area contributed by atoms with Gasteiger partial charge in [-0.05, 0) is 19.1 Å². The van der Waals surface area contributed by atoms with Crippen molar-refractivity contribution in [1.82, 2.24) is 5.32 Å². The minimum Gasteiger partial charge on any atom is -0.494 e. The second-order valence-electron chi connectivity index (χ2n) is 3.50. The zero-order valence-corrected chi connectivity index (χ0v) is 9.86. The predicted octanol–water partition coefficient (Wildman–Crippen LogP) is 1.43. The molecule has 0 bridgehead atoms. The van der Waals surface area contributed by atoms with Crippen molar-refractivity contribution in [3.8, 4) is 5.75 Å². The number of aliphatic carboxylic acids is 1. The van der Waals surface area contributed by atoms with Crippen LogP contribution in [0.3, 0.4) is 0 Å². The lowest BCUT2D eigenvalue weighted by Gasteiger charge is -2.13. The van der Waals surface area contributed by atoms with Crippen LogP contribution in [0.15, 0.2) is 18.2 Å². The third-order valence-corrected chi connectivity index (χ3v) is 2.13. The van der Waals surface area contributed by atoms with Gasteiger partial charge in [0.2, 0.25) is 0 Å². The molecular formula is C11H13FN2O4. The molecule has 1 rings (SSSR count). The zero-order chi connectivity index (χ0) is 13.7. The van der Waals surface area contributed by atoms with Crippen LogP contribution in [-0.2, 0) is 4.79 Å². The fourth-order valence-electron chi connectivity index (χ4n) is 1.19. The van der Waals surface area contributed by atoms with E-state index in [0.717, 1.165) is 12.1 Å². The van der Waals surface area contributed by atoms with Gasteiger partial charge in [0.25, 0.3) is 0 Å². The first-order valence-electron chi connectivity index (χ1n) is 5.08. The first-order chi connectivity index (χ1) is 8.43. The van der Waals surface area contributed by atoms with Crippen LogP contribution in [0.2, 0.25) is 0 Å². The summed E-state index contributed by atoms with van der Waals surface area (Å²) in [5, 5.41) is 13.2. The summed E-state index contributed by atoms with van der Waals surface area (Å²) in [6, 6.07) is 1.83. The lowest BCUT2D eigenvalue weighted by atomic mass is 10.3. The summed E-state index contributed by atoms with van der Waals surface area (Å²) in [5.41, 5.74) is 0.244. The molecule has 18 heavy (non-hydrogen) atoms. The van der Waals surface area contributed by atoms with Gasteiger partial charge < -0.3 is 20.5 Å². The Morgan fingerprint density at radius 1 is 1.44 bits per heavy atom. The number of carboxylic acid groups (broad SMARTS) is 1. The summed E-state index contributed by atoms with van der Waals surface area (Å²) in [6.07, 6.45) is 0. The third-order valence-electron chi connectivity index (χ3n) is 2.13. The van der Waals surface area contributed by atoms with Gasteiger partial charge in [0.15, 0.2) is 0 Å². The first-order valence-corrected chi connectivity index (χ1v) is 5.08. The molecule has 1 aromatic carbocycles. The van der Waals surface area contributed by atoms with Crippen molar-refractivity contribution in [2.45, 2.75) is 13.0 Å². The third kappa shape index (κ3) is 3.62. The van der Waals surface area contributed by atoms with Crippen molar-refractivity contribution in [3.63, 3.8) is 0 Å². The number of nitrogens with one attached hydrogen (secondary N) is 2. The first kappa shape index (κ1) is 13.8. The highest BCUT2D eigenvalue weighted by atomic mass is 19.1. The highest BCUT2D eigenvalue weighted by Gasteiger charge is 2.15. The molecule has 0 aliphatic carbocycles. The molecule has 0 saturated heterocycles. The van der Waals surface area contributed by atoms with Crippen LogP contribution in [-0.4, -0.2) is 30.3 Å². The fourth-order valence-corrected chi connectivity index (χ4v) is 1.19. The second kappa shape index (κ2) is 5.85. The average Bonchev–Trinajstić information content (AvgIpc) is 2.31. The normalized spacial score (nSPS) is 11.5. The van der Waals surface area contributed by atoms with Crippen LogP contribution in [0.4, 0.5) is 14.9 Å². The molecule has 0 aliphatic rings. The summed E-state index contributed by atoms with van der Waals surface area (Å²) in [5.74, 6) is -1.51. The smallest absolute Gasteiger partial charge is 0.325 e. The topological polar surface area (TPSA) is 87.7 Å². The summed E-state index contributed by atoms with van der Waals surface area (Å²) < 4.78 is 17.8. The quantitative estimate of drug-likeness (QED) is 0.760. The standard InChI is InChI=1S/C11H13FN2O4/c1-6(10(15)16)13-11(17)14-8-4-3-7(12)5-9(8)18-2/h3-6H,1-2H3,(H,15,16)(H2,13,14,17)/t6-/m0/s1. The summed E-state index contributed by atoms with van der Waals surface area (Å²) in [7, 11) is 1.33. The van der Waals surface area contributed by atoms with E-state index < -0.39 is 23.9 Å². The summed E-state index contributed by atoms with van der Waals surface area (Å²) >= 11 is 0. The molecule has 0 aromatic heterocycles. The van der Waals surface area contributed by atoms with E-state index >= 15 is 0 Å². The van der Waals surface area contributed by atoms with Crippen LogP contribution in [0.1, 0.15) is 6.92 Å². The summed E-state index contributed by atoms with van der Waals surface area (Å²) in [4.78, 5) is 22.0. The number of carbonyl (C=O) groups excluding carboxylic acids is 1. The molecule has 0 heterocycles. The van der Waals surface area contributed by atoms with Gasteiger partial charge in [0.05, 0.1) is 12.8 Å². The Morgan fingerprint density at radius 3 is 2.67 bits per heavy atom. The van der Waals surface area contributed by atoms with Crippen LogP contribution in [0.25, 0.3) is 0 Å². The molecule has 2 amide bonds. The van der Waals surface area contributed by atoms with E-state index in [1.165, 1.54) is 20.1 Å². The molecule has 0 aliphatic heterocycles. The maximum atomic E-state index is 12.9. The maximum Gasteiger partial charge on any atom is 0.325 e. The lowest BCUT2D eigenvalue weighted by molar-refractivity contribution is -0.138. The van der Waals surface area contributed by atoms with Crippen molar-refractivity contribution in [2.75, 3.05) is 12.4 Å². The van der Waals surface area contributed by atoms with Gasteiger partial charge >= 0.3 is 12.0 Å². The SMILES string of the molecule is COc1cc(F)ccc1NC(=O)N[C@@H](C)C(=O)O. The van der Waals surface area contributed by atoms with E-state index in [9.17, 15) is 14.0 Å². The van der Waals surface area contributed by atoms with E-state index in [2.05, 4.69) is 10.6 Å². The molecule has 1 atom stereocenters. The fraction of sp³-hybridized carbons (Fsp3) is 0.273. The number of rotatable bonds is 4. The molecule has 0 fully saturated rings. The molecule has 0 spiro atoms. The minimum absolute atomic E-state index is 0.146.